The third-order valence-electron chi connectivity index (χ3n) is 3.79. The summed E-state index contributed by atoms with van der Waals surface area (Å²) in [7, 11) is 0. The third kappa shape index (κ3) is 1.86. The van der Waals surface area contributed by atoms with Crippen LogP contribution in [0.2, 0.25) is 0 Å². The summed E-state index contributed by atoms with van der Waals surface area (Å²) in [4.78, 5) is 4.06. The molecule has 4 atom stereocenters. The summed E-state index contributed by atoms with van der Waals surface area (Å²) in [6, 6.07) is 1.76. The molecular weight excluding hydrogens is 286 g/mol. The molecule has 8 heteroatoms. The molecule has 2 aliphatic rings. The third-order valence-corrected chi connectivity index (χ3v) is 4.11. The monoisotopic (exact) mass is 301 g/mol. The SMILES string of the molecule is C[C@@]1(O)[C@H](O)C(CO)O[C@H]1n1ccc2c1NCN=C2Cl. The van der Waals surface area contributed by atoms with E-state index in [9.17, 15) is 15.3 Å². The smallest absolute Gasteiger partial charge is 0.167 e. The predicted octanol–water partition coefficient (Wildman–Crippen LogP) is -0.142. The second-order valence-corrected chi connectivity index (χ2v) is 5.51. The first kappa shape index (κ1) is 13.8. The van der Waals surface area contributed by atoms with Gasteiger partial charge in [-0.3, -0.25) is 4.99 Å². The van der Waals surface area contributed by atoms with Crippen molar-refractivity contribution in [2.75, 3.05) is 18.6 Å². The maximum atomic E-state index is 10.5. The van der Waals surface area contributed by atoms with Crippen LogP contribution in [0.15, 0.2) is 17.3 Å². The average Bonchev–Trinajstić information content (AvgIpc) is 2.92. The molecule has 1 aromatic heterocycles. The van der Waals surface area contributed by atoms with Crippen molar-refractivity contribution in [1.82, 2.24) is 4.57 Å². The number of nitrogens with zero attached hydrogens (tertiary/aromatic N) is 2. The van der Waals surface area contributed by atoms with Crippen molar-refractivity contribution >= 4 is 22.6 Å². The molecule has 3 rings (SSSR count). The van der Waals surface area contributed by atoms with Crippen molar-refractivity contribution in [3.05, 3.63) is 17.8 Å². The van der Waals surface area contributed by atoms with E-state index in [0.29, 0.717) is 23.2 Å². The molecule has 0 aliphatic carbocycles. The number of aliphatic imine (C=N–C) groups is 1. The van der Waals surface area contributed by atoms with Crippen LogP contribution in [0.1, 0.15) is 18.7 Å². The largest absolute Gasteiger partial charge is 0.394 e. The van der Waals surface area contributed by atoms with Crippen LogP contribution in [0, 0.1) is 0 Å². The Kier molecular flexibility index (Phi) is 3.26. The van der Waals surface area contributed by atoms with Crippen LogP contribution in [0.25, 0.3) is 0 Å². The maximum Gasteiger partial charge on any atom is 0.167 e. The molecule has 1 saturated heterocycles. The number of nitrogens with one attached hydrogen (secondary N) is 1. The van der Waals surface area contributed by atoms with E-state index in [-0.39, 0.29) is 6.61 Å². The molecular formula is C12H16ClN3O4. The lowest BCUT2D eigenvalue weighted by Crippen LogP contribution is -2.44. The molecule has 110 valence electrons. The molecule has 20 heavy (non-hydrogen) atoms. The van der Waals surface area contributed by atoms with E-state index >= 15 is 0 Å². The van der Waals surface area contributed by atoms with Crippen molar-refractivity contribution in [3.8, 4) is 0 Å². The van der Waals surface area contributed by atoms with Crippen LogP contribution >= 0.6 is 11.6 Å². The lowest BCUT2D eigenvalue weighted by Gasteiger charge is -2.29. The first-order valence-electron chi connectivity index (χ1n) is 6.28. The van der Waals surface area contributed by atoms with E-state index in [2.05, 4.69) is 10.3 Å². The van der Waals surface area contributed by atoms with Crippen LogP contribution in [0.5, 0.6) is 0 Å². The molecule has 2 aliphatic heterocycles. The van der Waals surface area contributed by atoms with E-state index in [1.165, 1.54) is 6.92 Å². The number of aromatic nitrogens is 1. The van der Waals surface area contributed by atoms with Gasteiger partial charge in [0.05, 0.1) is 12.2 Å². The van der Waals surface area contributed by atoms with Gasteiger partial charge in [-0.15, -0.1) is 0 Å². The van der Waals surface area contributed by atoms with E-state index in [4.69, 9.17) is 16.3 Å². The van der Waals surface area contributed by atoms with Crippen molar-refractivity contribution in [3.63, 3.8) is 0 Å². The lowest BCUT2D eigenvalue weighted by atomic mass is 9.96. The number of hydrogen-bond acceptors (Lipinski definition) is 6. The van der Waals surface area contributed by atoms with Gasteiger partial charge in [0, 0.05) is 6.20 Å². The number of rotatable bonds is 2. The molecule has 1 unspecified atom stereocenters. The fourth-order valence-electron chi connectivity index (χ4n) is 2.65. The van der Waals surface area contributed by atoms with E-state index < -0.39 is 24.0 Å². The Labute approximate surface area is 120 Å². The quantitative estimate of drug-likeness (QED) is 0.609. The summed E-state index contributed by atoms with van der Waals surface area (Å²) in [6.45, 7) is 1.44. The van der Waals surface area contributed by atoms with Gasteiger partial charge in [0.2, 0.25) is 0 Å². The second-order valence-electron chi connectivity index (χ2n) is 5.15. The van der Waals surface area contributed by atoms with Crippen molar-refractivity contribution in [1.29, 1.82) is 0 Å². The molecule has 0 radical (unpaired) electrons. The van der Waals surface area contributed by atoms with Gasteiger partial charge in [-0.2, -0.15) is 0 Å². The Bertz CT molecular complexity index is 557. The van der Waals surface area contributed by atoms with E-state index in [0.717, 1.165) is 0 Å². The summed E-state index contributed by atoms with van der Waals surface area (Å²) < 4.78 is 7.23. The molecule has 3 heterocycles. The van der Waals surface area contributed by atoms with Gasteiger partial charge < -0.3 is 29.9 Å². The summed E-state index contributed by atoms with van der Waals surface area (Å²) in [5.74, 6) is 0.668. The number of hydrogen-bond donors (Lipinski definition) is 4. The standard InChI is InChI=1S/C12H16ClN3O4/c1-12(19)8(18)7(4-17)20-11(12)16-3-2-6-9(13)14-5-15-10(6)16/h2-3,7-8,11,15,17-19H,4-5H2,1H3/t7?,8-,11-,12-/m1/s1. The van der Waals surface area contributed by atoms with Gasteiger partial charge in [0.25, 0.3) is 0 Å². The minimum Gasteiger partial charge on any atom is -0.394 e. The zero-order valence-corrected chi connectivity index (χ0v) is 11.6. The van der Waals surface area contributed by atoms with Gasteiger partial charge in [0.15, 0.2) is 6.23 Å². The van der Waals surface area contributed by atoms with Gasteiger partial charge in [-0.05, 0) is 13.0 Å². The predicted molar refractivity (Wildman–Crippen MR) is 72.9 cm³/mol. The molecule has 0 bridgehead atoms. The molecule has 4 N–H and O–H groups in total. The van der Waals surface area contributed by atoms with Gasteiger partial charge in [0.1, 0.15) is 35.5 Å². The summed E-state index contributed by atoms with van der Waals surface area (Å²) in [5, 5.41) is 33.1. The normalized spacial score (nSPS) is 36.5. The molecule has 0 aromatic carbocycles. The van der Waals surface area contributed by atoms with Crippen LogP contribution in [0.4, 0.5) is 5.82 Å². The van der Waals surface area contributed by atoms with Crippen LogP contribution in [0.3, 0.4) is 0 Å². The average molecular weight is 302 g/mol. The lowest BCUT2D eigenvalue weighted by molar-refractivity contribution is -0.0955. The number of aliphatic hydroxyl groups excluding tert-OH is 2. The molecule has 0 spiro atoms. The zero-order chi connectivity index (χ0) is 14.5. The molecule has 0 amide bonds. The topological polar surface area (TPSA) is 99.2 Å². The number of anilines is 1. The number of halogens is 1. The van der Waals surface area contributed by atoms with Gasteiger partial charge in [-0.1, -0.05) is 11.6 Å². The maximum absolute atomic E-state index is 10.5. The summed E-state index contributed by atoms with van der Waals surface area (Å²) >= 11 is 6.03. The highest BCUT2D eigenvalue weighted by molar-refractivity contribution is 6.70. The highest BCUT2D eigenvalue weighted by Crippen LogP contribution is 2.41. The fourth-order valence-corrected chi connectivity index (χ4v) is 2.87. The molecule has 0 saturated carbocycles. The van der Waals surface area contributed by atoms with Crippen molar-refractivity contribution in [2.45, 2.75) is 31.0 Å². The zero-order valence-electron chi connectivity index (χ0n) is 10.8. The first-order valence-corrected chi connectivity index (χ1v) is 6.66. The Morgan fingerprint density at radius 1 is 1.65 bits per heavy atom. The summed E-state index contributed by atoms with van der Waals surface area (Å²) in [6.07, 6.45) is -1.13. The highest BCUT2D eigenvalue weighted by atomic mass is 35.5. The van der Waals surface area contributed by atoms with Crippen LogP contribution in [-0.4, -0.2) is 56.1 Å². The van der Waals surface area contributed by atoms with E-state index in [1.807, 2.05) is 0 Å². The number of ether oxygens (including phenoxy) is 1. The highest BCUT2D eigenvalue weighted by Gasteiger charge is 2.53. The Morgan fingerprint density at radius 2 is 2.40 bits per heavy atom. The van der Waals surface area contributed by atoms with Crippen molar-refractivity contribution < 1.29 is 20.1 Å². The first-order chi connectivity index (χ1) is 9.46. The van der Waals surface area contributed by atoms with E-state index in [1.54, 1.807) is 16.8 Å². The Balaban J connectivity index is 2.00. The Hall–Kier alpha value is -1.12. The van der Waals surface area contributed by atoms with Crippen LogP contribution < -0.4 is 5.32 Å². The minimum atomic E-state index is -1.52. The van der Waals surface area contributed by atoms with Crippen molar-refractivity contribution in [2.24, 2.45) is 4.99 Å². The fraction of sp³-hybridized carbons (Fsp3) is 0.583. The molecule has 7 nitrogen and oxygen atoms in total. The minimum absolute atomic E-state index is 0.330. The number of aliphatic hydroxyl groups is 3. The molecule has 1 fully saturated rings. The summed E-state index contributed by atoms with van der Waals surface area (Å²) in [5.41, 5.74) is -0.817. The molecule has 1 aromatic rings. The van der Waals surface area contributed by atoms with Crippen LogP contribution in [-0.2, 0) is 4.74 Å². The van der Waals surface area contributed by atoms with Gasteiger partial charge >= 0.3 is 0 Å². The Morgan fingerprint density at radius 3 is 3.05 bits per heavy atom. The second kappa shape index (κ2) is 4.71. The van der Waals surface area contributed by atoms with Gasteiger partial charge in [-0.25, -0.2) is 0 Å². The number of fused-ring (bicyclic) bond motifs is 1.